The van der Waals surface area contributed by atoms with E-state index in [-0.39, 0.29) is 11.8 Å². The van der Waals surface area contributed by atoms with Gasteiger partial charge >= 0.3 is 5.97 Å². The van der Waals surface area contributed by atoms with Crippen molar-refractivity contribution in [1.29, 1.82) is 0 Å². The van der Waals surface area contributed by atoms with Gasteiger partial charge in [-0.25, -0.2) is 9.97 Å². The molecule has 3 aliphatic carbocycles. The summed E-state index contributed by atoms with van der Waals surface area (Å²) in [5.41, 5.74) is 1.68. The second-order valence-corrected chi connectivity index (χ2v) is 8.53. The first-order valence-corrected chi connectivity index (χ1v) is 10.2. The van der Waals surface area contributed by atoms with Crippen LogP contribution in [-0.4, -0.2) is 43.0 Å². The number of rotatable bonds is 8. The van der Waals surface area contributed by atoms with Crippen LogP contribution in [0.5, 0.6) is 11.5 Å². The molecular weight excluding hydrogens is 398 g/mol. The first-order valence-electron chi connectivity index (χ1n) is 10.2. The zero-order valence-electron chi connectivity index (χ0n) is 18.5. The van der Waals surface area contributed by atoms with E-state index in [1.54, 1.807) is 14.2 Å². The number of esters is 1. The van der Waals surface area contributed by atoms with E-state index in [0.29, 0.717) is 54.5 Å². The van der Waals surface area contributed by atoms with E-state index < -0.39 is 10.8 Å². The average Bonchev–Trinajstić information content (AvgIpc) is 2.71. The van der Waals surface area contributed by atoms with Crippen molar-refractivity contribution in [3.05, 3.63) is 40.8 Å². The zero-order valence-corrected chi connectivity index (χ0v) is 18.5. The molecule has 3 fully saturated rings. The summed E-state index contributed by atoms with van der Waals surface area (Å²) in [6.45, 7) is 4.11. The van der Waals surface area contributed by atoms with Crippen molar-refractivity contribution in [3.8, 4) is 11.5 Å². The van der Waals surface area contributed by atoms with E-state index in [1.165, 1.54) is 7.11 Å². The number of carbonyl (C=O) groups is 2. The predicted molar refractivity (Wildman–Crippen MR) is 113 cm³/mol. The van der Waals surface area contributed by atoms with Crippen LogP contribution in [-0.2, 0) is 16.1 Å². The van der Waals surface area contributed by atoms with Crippen LogP contribution in [0.2, 0.25) is 0 Å². The fourth-order valence-electron chi connectivity index (χ4n) is 4.77. The number of carbonyl (C=O) groups excluding carboxylic acids is 2. The second kappa shape index (κ2) is 7.51. The minimum atomic E-state index is -0.529. The van der Waals surface area contributed by atoms with Crippen molar-refractivity contribution in [2.75, 3.05) is 26.6 Å². The highest BCUT2D eigenvalue weighted by atomic mass is 16.5. The topological polar surface area (TPSA) is 99.6 Å². The Labute approximate surface area is 181 Å². The van der Waals surface area contributed by atoms with Crippen molar-refractivity contribution in [2.24, 2.45) is 10.8 Å². The molecule has 0 amide bonds. The quantitative estimate of drug-likeness (QED) is 0.508. The van der Waals surface area contributed by atoms with Gasteiger partial charge in [-0.05, 0) is 45.2 Å². The third kappa shape index (κ3) is 3.30. The largest absolute Gasteiger partial charge is 0.497 e. The molecule has 5 rings (SSSR count). The van der Waals surface area contributed by atoms with E-state index in [4.69, 9.17) is 14.2 Å². The molecule has 1 N–H and O–H groups in total. The summed E-state index contributed by atoms with van der Waals surface area (Å²) < 4.78 is 15.6. The molecule has 0 aliphatic heterocycles. The van der Waals surface area contributed by atoms with E-state index >= 15 is 0 Å². The predicted octanol–water partition coefficient (Wildman–Crippen LogP) is 3.25. The summed E-state index contributed by atoms with van der Waals surface area (Å²) in [6.07, 6.45) is 1.56. The molecule has 3 saturated carbocycles. The molecule has 8 heteroatoms. The van der Waals surface area contributed by atoms with Crippen molar-refractivity contribution < 1.29 is 23.8 Å². The van der Waals surface area contributed by atoms with Gasteiger partial charge in [-0.3, -0.25) is 9.59 Å². The van der Waals surface area contributed by atoms with Crippen molar-refractivity contribution in [1.82, 2.24) is 9.97 Å². The fraction of sp³-hybridized carbons (Fsp3) is 0.478. The minimum Gasteiger partial charge on any atom is -0.497 e. The molecule has 2 bridgehead atoms. The third-order valence-corrected chi connectivity index (χ3v) is 6.59. The van der Waals surface area contributed by atoms with E-state index in [1.807, 2.05) is 32.0 Å². The monoisotopic (exact) mass is 425 g/mol. The summed E-state index contributed by atoms with van der Waals surface area (Å²) in [6, 6.07) is 5.57. The van der Waals surface area contributed by atoms with Crippen LogP contribution in [0.4, 0.5) is 5.82 Å². The molecular formula is C23H27N3O5. The Hall–Kier alpha value is -3.16. The Morgan fingerprint density at radius 2 is 1.68 bits per heavy atom. The molecule has 0 spiro atoms. The van der Waals surface area contributed by atoms with Gasteiger partial charge in [0.05, 0.1) is 38.1 Å². The van der Waals surface area contributed by atoms with Crippen LogP contribution < -0.4 is 14.8 Å². The highest BCUT2D eigenvalue weighted by molar-refractivity contribution is 6.07. The third-order valence-electron chi connectivity index (χ3n) is 6.59. The number of nitrogens with zero attached hydrogens (tertiary/aromatic N) is 2. The van der Waals surface area contributed by atoms with E-state index in [0.717, 1.165) is 11.3 Å². The molecule has 0 atom stereocenters. The number of hydrogen-bond donors (Lipinski definition) is 1. The Balaban J connectivity index is 1.57. The summed E-state index contributed by atoms with van der Waals surface area (Å²) >= 11 is 0. The molecule has 31 heavy (non-hydrogen) atoms. The first-order chi connectivity index (χ1) is 14.8. The van der Waals surface area contributed by atoms with Crippen molar-refractivity contribution >= 4 is 17.6 Å². The number of ether oxygens (including phenoxy) is 3. The molecule has 1 heterocycles. The lowest BCUT2D eigenvalue weighted by Crippen LogP contribution is -2.68. The maximum absolute atomic E-state index is 13.4. The highest BCUT2D eigenvalue weighted by Crippen LogP contribution is 2.74. The summed E-state index contributed by atoms with van der Waals surface area (Å²) in [5, 5.41) is 3.26. The standard InChI is InChI=1S/C23H27N3O5/c1-13-14(2)26-20(24-9-15-6-7-16(29-3)8-17(15)30-4)18(25-13)19(27)22-10-23(11-22,12-22)21(28)31-5/h6-8H,9-12H2,1-5H3,(H,24,26). The van der Waals surface area contributed by atoms with Gasteiger partial charge in [0, 0.05) is 23.6 Å². The number of aromatic nitrogens is 2. The van der Waals surface area contributed by atoms with Gasteiger partial charge in [-0.1, -0.05) is 0 Å². The lowest BCUT2D eigenvalue weighted by molar-refractivity contribution is -0.207. The number of ketones is 1. The van der Waals surface area contributed by atoms with Gasteiger partial charge in [-0.2, -0.15) is 0 Å². The zero-order chi connectivity index (χ0) is 22.4. The smallest absolute Gasteiger partial charge is 0.311 e. The molecule has 0 unspecified atom stereocenters. The first kappa shape index (κ1) is 21.1. The van der Waals surface area contributed by atoms with Gasteiger partial charge in [0.1, 0.15) is 17.2 Å². The SMILES string of the molecule is COC(=O)C12CC(C(=O)c3nc(C)c(C)nc3NCc3ccc(OC)cc3OC)(C1)C2. The maximum atomic E-state index is 13.4. The lowest BCUT2D eigenvalue weighted by atomic mass is 9.34. The van der Waals surface area contributed by atoms with Gasteiger partial charge < -0.3 is 19.5 Å². The van der Waals surface area contributed by atoms with E-state index in [2.05, 4.69) is 15.3 Å². The Morgan fingerprint density at radius 3 is 2.29 bits per heavy atom. The molecule has 0 radical (unpaired) electrons. The number of benzene rings is 1. The molecule has 0 saturated heterocycles. The van der Waals surface area contributed by atoms with Gasteiger partial charge in [-0.15, -0.1) is 0 Å². The van der Waals surface area contributed by atoms with Crippen LogP contribution in [0.3, 0.4) is 0 Å². The molecule has 8 nitrogen and oxygen atoms in total. The number of Topliss-reactive ketones (excluding diaryl/α,β-unsaturated/α-hetero) is 1. The molecule has 2 aromatic rings. The lowest BCUT2D eigenvalue weighted by Gasteiger charge is -2.67. The summed E-state index contributed by atoms with van der Waals surface area (Å²) in [4.78, 5) is 34.6. The van der Waals surface area contributed by atoms with Crippen LogP contribution in [0.15, 0.2) is 18.2 Å². The molecule has 3 aliphatic rings. The van der Waals surface area contributed by atoms with E-state index in [9.17, 15) is 9.59 Å². The van der Waals surface area contributed by atoms with Gasteiger partial charge in [0.2, 0.25) is 0 Å². The molecule has 1 aromatic heterocycles. The van der Waals surface area contributed by atoms with Gasteiger partial charge in [0.25, 0.3) is 0 Å². The summed E-state index contributed by atoms with van der Waals surface area (Å²) in [5.74, 6) is 1.54. The number of nitrogens with one attached hydrogen (secondary N) is 1. The molecule has 1 aromatic carbocycles. The summed E-state index contributed by atoms with van der Waals surface area (Å²) in [7, 11) is 4.59. The van der Waals surface area contributed by atoms with Crippen molar-refractivity contribution in [2.45, 2.75) is 39.7 Å². The Kier molecular flexibility index (Phi) is 5.11. The Morgan fingerprint density at radius 1 is 1.00 bits per heavy atom. The Bertz CT molecular complexity index is 1050. The van der Waals surface area contributed by atoms with Crippen molar-refractivity contribution in [3.63, 3.8) is 0 Å². The van der Waals surface area contributed by atoms with Crippen LogP contribution in [0, 0.1) is 24.7 Å². The average molecular weight is 425 g/mol. The number of anilines is 1. The minimum absolute atomic E-state index is 0.0573. The maximum Gasteiger partial charge on any atom is 0.311 e. The van der Waals surface area contributed by atoms with Crippen LogP contribution in [0.1, 0.15) is 46.7 Å². The second-order valence-electron chi connectivity index (χ2n) is 8.53. The normalized spacial score (nSPS) is 23.3. The number of aryl methyl sites for hydroxylation is 2. The number of methoxy groups -OCH3 is 3. The van der Waals surface area contributed by atoms with Crippen LogP contribution in [0.25, 0.3) is 0 Å². The number of hydrogen-bond acceptors (Lipinski definition) is 8. The van der Waals surface area contributed by atoms with Gasteiger partial charge in [0.15, 0.2) is 11.6 Å². The highest BCUT2D eigenvalue weighted by Gasteiger charge is 2.75. The van der Waals surface area contributed by atoms with Crippen LogP contribution >= 0.6 is 0 Å². The fourth-order valence-corrected chi connectivity index (χ4v) is 4.77. The molecule has 164 valence electrons.